The Morgan fingerprint density at radius 2 is 1.91 bits per heavy atom. The van der Waals surface area contributed by atoms with Crippen molar-refractivity contribution in [3.63, 3.8) is 0 Å². The molecule has 0 fully saturated rings. The number of benzene rings is 2. The summed E-state index contributed by atoms with van der Waals surface area (Å²) in [5.74, 6) is 0.483. The number of nitrogens with zero attached hydrogens (tertiary/aromatic N) is 2. The van der Waals surface area contributed by atoms with E-state index < -0.39 is 6.10 Å². The fourth-order valence-corrected chi connectivity index (χ4v) is 2.68. The Morgan fingerprint density at radius 1 is 1.17 bits per heavy atom. The molecule has 118 valence electrons. The zero-order valence-electron chi connectivity index (χ0n) is 12.9. The zero-order chi connectivity index (χ0) is 16.2. The van der Waals surface area contributed by atoms with E-state index in [1.54, 1.807) is 13.0 Å². The molecule has 0 radical (unpaired) electrons. The van der Waals surface area contributed by atoms with Gasteiger partial charge in [0.15, 0.2) is 6.10 Å². The van der Waals surface area contributed by atoms with E-state index in [9.17, 15) is 4.79 Å². The van der Waals surface area contributed by atoms with Crippen molar-refractivity contribution < 1.29 is 9.53 Å². The molecule has 3 rings (SSSR count). The van der Waals surface area contributed by atoms with Crippen molar-refractivity contribution in [3.05, 3.63) is 48.0 Å². The molecule has 1 amide bonds. The minimum absolute atomic E-state index is 0.202. The van der Waals surface area contributed by atoms with Crippen molar-refractivity contribution >= 4 is 34.4 Å². The average Bonchev–Trinajstić information content (AvgIpc) is 3.03. The summed E-state index contributed by atoms with van der Waals surface area (Å²) in [6, 6.07) is 13.2. The highest BCUT2D eigenvalue weighted by molar-refractivity contribution is 7.00. The molecular formula is C17H17N3O2S. The molecule has 0 aliphatic carbocycles. The number of aryl methyl sites for hydroxylation is 1. The van der Waals surface area contributed by atoms with Crippen LogP contribution in [0.1, 0.15) is 19.4 Å². The third-order valence-electron chi connectivity index (χ3n) is 3.53. The van der Waals surface area contributed by atoms with Crippen molar-refractivity contribution in [2.24, 2.45) is 0 Å². The van der Waals surface area contributed by atoms with E-state index in [-0.39, 0.29) is 5.91 Å². The Labute approximate surface area is 138 Å². The van der Waals surface area contributed by atoms with Gasteiger partial charge in [0.25, 0.3) is 5.91 Å². The fourth-order valence-electron chi connectivity index (χ4n) is 2.17. The van der Waals surface area contributed by atoms with E-state index in [0.717, 1.165) is 29.2 Å². The van der Waals surface area contributed by atoms with Gasteiger partial charge >= 0.3 is 0 Å². The van der Waals surface area contributed by atoms with Crippen LogP contribution in [0, 0.1) is 0 Å². The lowest BCUT2D eigenvalue weighted by Gasteiger charge is -2.15. The van der Waals surface area contributed by atoms with Gasteiger partial charge in [0.05, 0.1) is 11.7 Å². The second-order valence-corrected chi connectivity index (χ2v) is 5.74. The van der Waals surface area contributed by atoms with E-state index in [4.69, 9.17) is 4.74 Å². The van der Waals surface area contributed by atoms with Gasteiger partial charge in [0.2, 0.25) is 0 Å². The van der Waals surface area contributed by atoms with E-state index in [0.29, 0.717) is 11.4 Å². The first-order valence-electron chi connectivity index (χ1n) is 7.44. The maximum atomic E-state index is 12.2. The number of anilines is 1. The lowest BCUT2D eigenvalue weighted by molar-refractivity contribution is -0.122. The number of hydrogen-bond donors (Lipinski definition) is 1. The van der Waals surface area contributed by atoms with Crippen LogP contribution in [0.5, 0.6) is 5.75 Å². The Kier molecular flexibility index (Phi) is 4.52. The monoisotopic (exact) mass is 327 g/mol. The number of rotatable bonds is 5. The predicted octanol–water partition coefficient (Wildman–Crippen LogP) is 3.66. The third-order valence-corrected chi connectivity index (χ3v) is 4.09. The molecule has 6 heteroatoms. The molecule has 1 aromatic heterocycles. The molecule has 3 aromatic rings. The van der Waals surface area contributed by atoms with Gasteiger partial charge in [-0.15, -0.1) is 0 Å². The Morgan fingerprint density at radius 3 is 2.65 bits per heavy atom. The largest absolute Gasteiger partial charge is 0.481 e. The van der Waals surface area contributed by atoms with Crippen LogP contribution in [0.4, 0.5) is 5.69 Å². The summed E-state index contributed by atoms with van der Waals surface area (Å²) in [6.07, 6.45) is 0.385. The van der Waals surface area contributed by atoms with Crippen LogP contribution in [-0.2, 0) is 11.2 Å². The number of hydrogen-bond acceptors (Lipinski definition) is 5. The molecule has 1 unspecified atom stereocenters. The van der Waals surface area contributed by atoms with Crippen LogP contribution in [0.3, 0.4) is 0 Å². The van der Waals surface area contributed by atoms with E-state index >= 15 is 0 Å². The van der Waals surface area contributed by atoms with E-state index in [1.165, 1.54) is 5.56 Å². The topological polar surface area (TPSA) is 64.1 Å². The van der Waals surface area contributed by atoms with Crippen molar-refractivity contribution in [1.29, 1.82) is 0 Å². The highest BCUT2D eigenvalue weighted by Gasteiger charge is 2.15. The summed E-state index contributed by atoms with van der Waals surface area (Å²) < 4.78 is 14.0. The van der Waals surface area contributed by atoms with Gasteiger partial charge in [-0.3, -0.25) is 4.79 Å². The SMILES string of the molecule is CCc1ccc(OC(C)C(=O)Nc2ccc3nsnc3c2)cc1. The van der Waals surface area contributed by atoms with E-state index in [2.05, 4.69) is 21.0 Å². The van der Waals surface area contributed by atoms with Gasteiger partial charge in [0, 0.05) is 5.69 Å². The molecule has 0 spiro atoms. The number of nitrogens with one attached hydrogen (secondary N) is 1. The summed E-state index contributed by atoms with van der Waals surface area (Å²) >= 11 is 1.15. The van der Waals surface area contributed by atoms with Gasteiger partial charge in [0.1, 0.15) is 16.8 Å². The van der Waals surface area contributed by atoms with Crippen molar-refractivity contribution in [3.8, 4) is 5.75 Å². The molecule has 1 N–H and O–H groups in total. The molecular weight excluding hydrogens is 310 g/mol. The molecule has 0 aliphatic rings. The Hall–Kier alpha value is -2.47. The van der Waals surface area contributed by atoms with Gasteiger partial charge in [-0.2, -0.15) is 8.75 Å². The van der Waals surface area contributed by atoms with Crippen LogP contribution < -0.4 is 10.1 Å². The number of carbonyl (C=O) groups is 1. The van der Waals surface area contributed by atoms with Crippen LogP contribution in [0.25, 0.3) is 11.0 Å². The summed E-state index contributed by atoms with van der Waals surface area (Å²) in [5.41, 5.74) is 3.52. The fraction of sp³-hybridized carbons (Fsp3) is 0.235. The smallest absolute Gasteiger partial charge is 0.265 e. The van der Waals surface area contributed by atoms with Gasteiger partial charge < -0.3 is 10.1 Å². The van der Waals surface area contributed by atoms with Crippen LogP contribution in [0.15, 0.2) is 42.5 Å². The first-order valence-corrected chi connectivity index (χ1v) is 8.17. The zero-order valence-corrected chi connectivity index (χ0v) is 13.8. The summed E-state index contributed by atoms with van der Waals surface area (Å²) in [5, 5.41) is 2.84. The molecule has 5 nitrogen and oxygen atoms in total. The Balaban J connectivity index is 1.64. The first-order chi connectivity index (χ1) is 11.2. The highest BCUT2D eigenvalue weighted by Crippen LogP contribution is 2.18. The number of amides is 1. The minimum Gasteiger partial charge on any atom is -0.481 e. The van der Waals surface area contributed by atoms with Crippen LogP contribution in [0.2, 0.25) is 0 Å². The maximum absolute atomic E-state index is 12.2. The second-order valence-electron chi connectivity index (χ2n) is 5.21. The molecule has 0 saturated heterocycles. The van der Waals surface area contributed by atoms with Crippen molar-refractivity contribution in [2.75, 3.05) is 5.32 Å². The third kappa shape index (κ3) is 3.65. The first kappa shape index (κ1) is 15.4. The quantitative estimate of drug-likeness (QED) is 0.777. The number of fused-ring (bicyclic) bond motifs is 1. The molecule has 0 saturated carbocycles. The molecule has 1 atom stereocenters. The van der Waals surface area contributed by atoms with Gasteiger partial charge in [-0.05, 0) is 49.2 Å². The molecule has 0 bridgehead atoms. The van der Waals surface area contributed by atoms with Crippen molar-refractivity contribution in [2.45, 2.75) is 26.4 Å². The predicted molar refractivity (Wildman–Crippen MR) is 92.0 cm³/mol. The standard InChI is InChI=1S/C17H17N3O2S/c1-3-12-4-7-14(8-5-12)22-11(2)17(21)18-13-6-9-15-16(10-13)20-23-19-15/h4-11H,3H2,1-2H3,(H,18,21). The number of ether oxygens (including phenoxy) is 1. The molecule has 23 heavy (non-hydrogen) atoms. The summed E-state index contributed by atoms with van der Waals surface area (Å²) in [6.45, 7) is 3.83. The summed E-state index contributed by atoms with van der Waals surface area (Å²) in [4.78, 5) is 12.2. The van der Waals surface area contributed by atoms with Gasteiger partial charge in [-0.25, -0.2) is 0 Å². The number of aromatic nitrogens is 2. The molecule has 1 heterocycles. The van der Waals surface area contributed by atoms with Gasteiger partial charge in [-0.1, -0.05) is 19.1 Å². The number of carbonyl (C=O) groups excluding carboxylic acids is 1. The van der Waals surface area contributed by atoms with Crippen LogP contribution >= 0.6 is 11.7 Å². The molecule has 0 aliphatic heterocycles. The average molecular weight is 327 g/mol. The minimum atomic E-state index is -0.591. The second kappa shape index (κ2) is 6.75. The lowest BCUT2D eigenvalue weighted by Crippen LogP contribution is -2.30. The lowest BCUT2D eigenvalue weighted by atomic mass is 10.2. The highest BCUT2D eigenvalue weighted by atomic mass is 32.1. The van der Waals surface area contributed by atoms with Crippen LogP contribution in [-0.4, -0.2) is 20.8 Å². The Bertz CT molecular complexity index is 814. The van der Waals surface area contributed by atoms with E-state index in [1.807, 2.05) is 36.4 Å². The molecule has 2 aromatic carbocycles. The van der Waals surface area contributed by atoms with Crippen molar-refractivity contribution in [1.82, 2.24) is 8.75 Å². The normalized spacial score (nSPS) is 12.1. The summed E-state index contributed by atoms with van der Waals surface area (Å²) in [7, 11) is 0. The maximum Gasteiger partial charge on any atom is 0.265 e.